The van der Waals surface area contributed by atoms with Crippen LogP contribution in [0.25, 0.3) is 11.2 Å². The fourth-order valence-corrected chi connectivity index (χ4v) is 4.21. The third-order valence-corrected chi connectivity index (χ3v) is 5.51. The van der Waals surface area contributed by atoms with E-state index in [1.807, 2.05) is 0 Å². The standard InChI is InChI=1S/C19H24N4O2/c1-4-23-17-16(8-14(9-20-17)18(24)25-3)21-19(23)22-10-13-6-5-12(2)7-15(13)11-22/h5,8-9,13,15H,4,6-7,10-11H2,1-3H3/t13-,15+/m1/s1. The Bertz CT molecular complexity index is 854. The van der Waals surface area contributed by atoms with Crippen LogP contribution >= 0.6 is 0 Å². The number of nitrogens with zero attached hydrogens (tertiary/aromatic N) is 4. The van der Waals surface area contributed by atoms with Gasteiger partial charge >= 0.3 is 5.97 Å². The number of hydrogen-bond donors (Lipinski definition) is 0. The number of rotatable bonds is 3. The lowest BCUT2D eigenvalue weighted by Gasteiger charge is -2.21. The predicted molar refractivity (Wildman–Crippen MR) is 96.7 cm³/mol. The minimum absolute atomic E-state index is 0.379. The minimum atomic E-state index is -0.379. The number of esters is 1. The number of pyridine rings is 1. The molecular weight excluding hydrogens is 316 g/mol. The first-order chi connectivity index (χ1) is 12.1. The van der Waals surface area contributed by atoms with Crippen molar-refractivity contribution < 1.29 is 9.53 Å². The highest BCUT2D eigenvalue weighted by Crippen LogP contribution is 2.38. The van der Waals surface area contributed by atoms with Crippen molar-refractivity contribution in [1.82, 2.24) is 14.5 Å². The molecule has 132 valence electrons. The van der Waals surface area contributed by atoms with Gasteiger partial charge in [0.2, 0.25) is 5.95 Å². The number of aryl methyl sites for hydroxylation is 1. The third kappa shape index (κ3) is 2.69. The number of carbonyl (C=O) groups excluding carboxylic acids is 1. The molecule has 6 nitrogen and oxygen atoms in total. The Labute approximate surface area is 147 Å². The molecule has 0 aromatic carbocycles. The minimum Gasteiger partial charge on any atom is -0.465 e. The van der Waals surface area contributed by atoms with Gasteiger partial charge in [-0.3, -0.25) is 4.57 Å². The number of ether oxygens (including phenoxy) is 1. The lowest BCUT2D eigenvalue weighted by molar-refractivity contribution is 0.0600. The molecule has 6 heteroatoms. The number of methoxy groups -OCH3 is 1. The summed E-state index contributed by atoms with van der Waals surface area (Å²) < 4.78 is 6.94. The molecule has 0 unspecified atom stereocenters. The molecular formula is C19H24N4O2. The zero-order chi connectivity index (χ0) is 17.6. The van der Waals surface area contributed by atoms with Crippen LogP contribution in [0.4, 0.5) is 5.95 Å². The summed E-state index contributed by atoms with van der Waals surface area (Å²) in [6.07, 6.45) is 6.32. The monoisotopic (exact) mass is 340 g/mol. The SMILES string of the molecule is CCn1c(N2C[C@H]3CC=C(C)C[C@H]3C2)nc2cc(C(=O)OC)cnc21. The van der Waals surface area contributed by atoms with Crippen molar-refractivity contribution in [3.05, 3.63) is 29.5 Å². The van der Waals surface area contributed by atoms with Crippen molar-refractivity contribution in [1.29, 1.82) is 0 Å². The number of allylic oxidation sites excluding steroid dienone is 2. The van der Waals surface area contributed by atoms with Gasteiger partial charge in [0.1, 0.15) is 5.52 Å². The molecule has 2 atom stereocenters. The fraction of sp³-hybridized carbons (Fsp3) is 0.526. The van der Waals surface area contributed by atoms with Gasteiger partial charge in [-0.05, 0) is 44.6 Å². The van der Waals surface area contributed by atoms with E-state index in [0.717, 1.165) is 36.7 Å². The highest BCUT2D eigenvalue weighted by Gasteiger charge is 2.36. The van der Waals surface area contributed by atoms with E-state index >= 15 is 0 Å². The highest BCUT2D eigenvalue weighted by atomic mass is 16.5. The zero-order valence-electron chi connectivity index (χ0n) is 15.0. The van der Waals surface area contributed by atoms with E-state index in [4.69, 9.17) is 9.72 Å². The van der Waals surface area contributed by atoms with Crippen molar-refractivity contribution in [2.45, 2.75) is 33.2 Å². The van der Waals surface area contributed by atoms with E-state index in [9.17, 15) is 4.79 Å². The van der Waals surface area contributed by atoms with Gasteiger partial charge in [0, 0.05) is 25.8 Å². The Morgan fingerprint density at radius 3 is 2.92 bits per heavy atom. The second-order valence-electron chi connectivity index (χ2n) is 7.13. The maximum Gasteiger partial charge on any atom is 0.339 e. The summed E-state index contributed by atoms with van der Waals surface area (Å²) >= 11 is 0. The van der Waals surface area contributed by atoms with E-state index in [1.54, 1.807) is 12.3 Å². The Hall–Kier alpha value is -2.37. The molecule has 4 rings (SSSR count). The van der Waals surface area contributed by atoms with Crippen LogP contribution in [0, 0.1) is 11.8 Å². The molecule has 2 aliphatic rings. The smallest absolute Gasteiger partial charge is 0.339 e. The molecule has 1 fully saturated rings. The first-order valence-corrected chi connectivity index (χ1v) is 8.95. The zero-order valence-corrected chi connectivity index (χ0v) is 15.0. The van der Waals surface area contributed by atoms with Gasteiger partial charge in [0.15, 0.2) is 5.65 Å². The summed E-state index contributed by atoms with van der Waals surface area (Å²) in [6.45, 7) is 7.23. The van der Waals surface area contributed by atoms with Crippen LogP contribution in [0.15, 0.2) is 23.9 Å². The van der Waals surface area contributed by atoms with Crippen LogP contribution in [0.5, 0.6) is 0 Å². The highest BCUT2D eigenvalue weighted by molar-refractivity contribution is 5.92. The summed E-state index contributed by atoms with van der Waals surface area (Å²) in [4.78, 5) is 23.5. The Kier molecular flexibility index (Phi) is 3.98. The quantitative estimate of drug-likeness (QED) is 0.635. The number of imidazole rings is 1. The second kappa shape index (κ2) is 6.17. The first-order valence-electron chi connectivity index (χ1n) is 8.95. The van der Waals surface area contributed by atoms with Crippen molar-refractivity contribution in [2.75, 3.05) is 25.1 Å². The molecule has 0 bridgehead atoms. The van der Waals surface area contributed by atoms with E-state index in [1.165, 1.54) is 25.5 Å². The Balaban J connectivity index is 1.69. The summed E-state index contributed by atoms with van der Waals surface area (Å²) in [6, 6.07) is 1.78. The third-order valence-electron chi connectivity index (χ3n) is 5.51. The number of fused-ring (bicyclic) bond motifs is 2. The number of aromatic nitrogens is 3. The van der Waals surface area contributed by atoms with Gasteiger partial charge < -0.3 is 9.64 Å². The van der Waals surface area contributed by atoms with Crippen LogP contribution in [0.1, 0.15) is 37.0 Å². The number of carbonyl (C=O) groups is 1. The number of hydrogen-bond acceptors (Lipinski definition) is 5. The summed E-state index contributed by atoms with van der Waals surface area (Å²) in [7, 11) is 1.38. The lowest BCUT2D eigenvalue weighted by Crippen LogP contribution is -2.23. The molecule has 2 aromatic rings. The average Bonchev–Trinajstić information content (AvgIpc) is 3.20. The Morgan fingerprint density at radius 2 is 2.16 bits per heavy atom. The summed E-state index contributed by atoms with van der Waals surface area (Å²) in [5, 5.41) is 0. The summed E-state index contributed by atoms with van der Waals surface area (Å²) in [5.74, 6) is 2.02. The molecule has 1 saturated heterocycles. The lowest BCUT2D eigenvalue weighted by atomic mass is 9.83. The molecule has 2 aromatic heterocycles. The van der Waals surface area contributed by atoms with Crippen molar-refractivity contribution in [3.63, 3.8) is 0 Å². The van der Waals surface area contributed by atoms with Gasteiger partial charge in [-0.2, -0.15) is 0 Å². The Morgan fingerprint density at radius 1 is 1.36 bits per heavy atom. The molecule has 1 aliphatic carbocycles. The predicted octanol–water partition coefficient (Wildman–Crippen LogP) is 3.03. The van der Waals surface area contributed by atoms with E-state index in [-0.39, 0.29) is 5.97 Å². The van der Waals surface area contributed by atoms with Crippen LogP contribution in [0.3, 0.4) is 0 Å². The van der Waals surface area contributed by atoms with Crippen LogP contribution in [0.2, 0.25) is 0 Å². The summed E-state index contributed by atoms with van der Waals surface area (Å²) in [5.41, 5.74) is 3.53. The van der Waals surface area contributed by atoms with Crippen molar-refractivity contribution in [3.8, 4) is 0 Å². The van der Waals surface area contributed by atoms with Crippen LogP contribution < -0.4 is 4.90 Å². The van der Waals surface area contributed by atoms with Crippen LogP contribution in [-0.4, -0.2) is 40.7 Å². The fourth-order valence-electron chi connectivity index (χ4n) is 4.21. The molecule has 0 spiro atoms. The largest absolute Gasteiger partial charge is 0.465 e. The molecule has 0 radical (unpaired) electrons. The van der Waals surface area contributed by atoms with Crippen molar-refractivity contribution in [2.24, 2.45) is 11.8 Å². The van der Waals surface area contributed by atoms with Crippen LogP contribution in [-0.2, 0) is 11.3 Å². The molecule has 3 heterocycles. The van der Waals surface area contributed by atoms with Gasteiger partial charge in [0.25, 0.3) is 0 Å². The van der Waals surface area contributed by atoms with Gasteiger partial charge in [-0.1, -0.05) is 11.6 Å². The molecule has 0 saturated carbocycles. The molecule has 0 N–H and O–H groups in total. The normalized spacial score (nSPS) is 22.8. The average molecular weight is 340 g/mol. The molecule has 1 aliphatic heterocycles. The molecule has 0 amide bonds. The topological polar surface area (TPSA) is 60.2 Å². The van der Waals surface area contributed by atoms with Gasteiger partial charge in [0.05, 0.1) is 12.7 Å². The number of anilines is 1. The molecule has 25 heavy (non-hydrogen) atoms. The maximum atomic E-state index is 11.8. The van der Waals surface area contributed by atoms with E-state index < -0.39 is 0 Å². The van der Waals surface area contributed by atoms with E-state index in [0.29, 0.717) is 17.4 Å². The maximum absolute atomic E-state index is 11.8. The second-order valence-corrected chi connectivity index (χ2v) is 7.13. The first kappa shape index (κ1) is 16.1. The van der Waals surface area contributed by atoms with Gasteiger partial charge in [-0.15, -0.1) is 0 Å². The van der Waals surface area contributed by atoms with E-state index in [2.05, 4.69) is 34.4 Å². The van der Waals surface area contributed by atoms with Gasteiger partial charge in [-0.25, -0.2) is 14.8 Å². The van der Waals surface area contributed by atoms with Crippen molar-refractivity contribution >= 4 is 23.1 Å².